The Morgan fingerprint density at radius 1 is 1.48 bits per heavy atom. The molecule has 2 rings (SSSR count). The Balaban J connectivity index is 2.26. The first-order valence-electron chi connectivity index (χ1n) is 6.24. The molecule has 1 aromatic carbocycles. The van der Waals surface area contributed by atoms with Gasteiger partial charge in [0.15, 0.2) is 0 Å². The van der Waals surface area contributed by atoms with Gasteiger partial charge in [0.2, 0.25) is 10.0 Å². The number of hydrogen-bond donors (Lipinski definition) is 2. The van der Waals surface area contributed by atoms with Crippen molar-refractivity contribution < 1.29 is 22.7 Å². The first-order chi connectivity index (χ1) is 9.82. The molecule has 0 heterocycles. The highest BCUT2D eigenvalue weighted by Gasteiger charge is 2.45. The van der Waals surface area contributed by atoms with Gasteiger partial charge in [0.1, 0.15) is 22.3 Å². The van der Waals surface area contributed by atoms with Crippen molar-refractivity contribution in [1.82, 2.24) is 4.72 Å². The molecule has 1 aliphatic rings. The summed E-state index contributed by atoms with van der Waals surface area (Å²) in [4.78, 5) is 10.7. The third-order valence-corrected chi connectivity index (χ3v) is 5.19. The van der Waals surface area contributed by atoms with Crippen LogP contribution < -0.4 is 4.72 Å². The molecule has 2 N–H and O–H groups in total. The van der Waals surface area contributed by atoms with Crippen molar-refractivity contribution in [2.75, 3.05) is 6.54 Å². The van der Waals surface area contributed by atoms with Crippen LogP contribution in [0.3, 0.4) is 0 Å². The van der Waals surface area contributed by atoms with Gasteiger partial charge in [0, 0.05) is 6.54 Å². The standard InChI is InChI=1S/C13H13FN2O4S/c14-10-3-1-4-11(9(10)7-15)21(19,20)16-8-13(12(17)18)5-2-6-13/h1,3-4,16H,2,5-6,8H2,(H,17,18). The Kier molecular flexibility index (Phi) is 3.98. The molecule has 8 heteroatoms. The second-order valence-electron chi connectivity index (χ2n) is 4.99. The number of carboxylic acid groups (broad SMARTS) is 1. The topological polar surface area (TPSA) is 107 Å². The maximum absolute atomic E-state index is 13.5. The quantitative estimate of drug-likeness (QED) is 0.850. The molecule has 0 aliphatic heterocycles. The molecule has 0 spiro atoms. The minimum atomic E-state index is -4.14. The predicted molar refractivity (Wildman–Crippen MR) is 70.2 cm³/mol. The van der Waals surface area contributed by atoms with Crippen LogP contribution in [-0.2, 0) is 14.8 Å². The maximum atomic E-state index is 13.5. The number of nitrogens with one attached hydrogen (secondary N) is 1. The molecule has 1 saturated carbocycles. The van der Waals surface area contributed by atoms with E-state index in [2.05, 4.69) is 4.72 Å². The van der Waals surface area contributed by atoms with Gasteiger partial charge in [-0.15, -0.1) is 0 Å². The van der Waals surface area contributed by atoms with Gasteiger partial charge in [-0.2, -0.15) is 5.26 Å². The summed E-state index contributed by atoms with van der Waals surface area (Å²) in [5.74, 6) is -1.99. The van der Waals surface area contributed by atoms with E-state index in [1.807, 2.05) is 0 Å². The number of benzene rings is 1. The van der Waals surface area contributed by atoms with Gasteiger partial charge in [0.25, 0.3) is 0 Å². The van der Waals surface area contributed by atoms with Crippen LogP contribution in [0.4, 0.5) is 4.39 Å². The summed E-state index contributed by atoms with van der Waals surface area (Å²) >= 11 is 0. The molecule has 0 amide bonds. The van der Waals surface area contributed by atoms with Crippen molar-refractivity contribution in [1.29, 1.82) is 5.26 Å². The zero-order valence-electron chi connectivity index (χ0n) is 11.0. The van der Waals surface area contributed by atoms with Crippen LogP contribution in [0.1, 0.15) is 24.8 Å². The zero-order chi connectivity index (χ0) is 15.7. The van der Waals surface area contributed by atoms with Crippen LogP contribution in [0.25, 0.3) is 0 Å². The normalized spacial score (nSPS) is 16.8. The Labute approximate surface area is 121 Å². The maximum Gasteiger partial charge on any atom is 0.310 e. The van der Waals surface area contributed by atoms with Crippen LogP contribution in [0, 0.1) is 22.6 Å². The van der Waals surface area contributed by atoms with Crippen molar-refractivity contribution >= 4 is 16.0 Å². The summed E-state index contributed by atoms with van der Waals surface area (Å²) in [6.07, 6.45) is 1.50. The molecule has 6 nitrogen and oxygen atoms in total. The van der Waals surface area contributed by atoms with Crippen molar-refractivity contribution in [3.05, 3.63) is 29.6 Å². The molecular formula is C13H13FN2O4S. The summed E-state index contributed by atoms with van der Waals surface area (Å²) in [5, 5.41) is 18.0. The number of rotatable bonds is 5. The highest BCUT2D eigenvalue weighted by Crippen LogP contribution is 2.40. The number of carboxylic acids is 1. The fourth-order valence-electron chi connectivity index (χ4n) is 2.22. The van der Waals surface area contributed by atoms with Crippen LogP contribution in [0.15, 0.2) is 23.1 Å². The largest absolute Gasteiger partial charge is 0.481 e. The number of halogens is 1. The zero-order valence-corrected chi connectivity index (χ0v) is 11.8. The Morgan fingerprint density at radius 2 is 2.14 bits per heavy atom. The van der Waals surface area contributed by atoms with Gasteiger partial charge in [0.05, 0.1) is 5.41 Å². The summed E-state index contributed by atoms with van der Waals surface area (Å²) in [6, 6.07) is 4.79. The van der Waals surface area contributed by atoms with Gasteiger partial charge in [-0.1, -0.05) is 12.5 Å². The Hall–Kier alpha value is -1.98. The molecule has 1 aromatic rings. The average molecular weight is 312 g/mol. The molecule has 112 valence electrons. The van der Waals surface area contributed by atoms with Crippen LogP contribution in [0.2, 0.25) is 0 Å². The van der Waals surface area contributed by atoms with Gasteiger partial charge in [-0.05, 0) is 25.0 Å². The van der Waals surface area contributed by atoms with Gasteiger partial charge < -0.3 is 5.11 Å². The van der Waals surface area contributed by atoms with E-state index >= 15 is 0 Å². The summed E-state index contributed by atoms with van der Waals surface area (Å²) in [6.45, 7) is -0.272. The highest BCUT2D eigenvalue weighted by atomic mass is 32.2. The minimum Gasteiger partial charge on any atom is -0.481 e. The van der Waals surface area contributed by atoms with E-state index in [4.69, 9.17) is 10.4 Å². The highest BCUT2D eigenvalue weighted by molar-refractivity contribution is 7.89. The monoisotopic (exact) mass is 312 g/mol. The van der Waals surface area contributed by atoms with Crippen LogP contribution in [0.5, 0.6) is 0 Å². The third kappa shape index (κ3) is 2.75. The number of nitriles is 1. The second-order valence-corrected chi connectivity index (χ2v) is 6.72. The molecule has 0 aromatic heterocycles. The van der Waals surface area contributed by atoms with E-state index in [0.29, 0.717) is 12.8 Å². The molecule has 1 fully saturated rings. The van der Waals surface area contributed by atoms with Gasteiger partial charge in [-0.3, -0.25) is 4.79 Å². The van der Waals surface area contributed by atoms with Crippen LogP contribution >= 0.6 is 0 Å². The average Bonchev–Trinajstić information content (AvgIpc) is 2.36. The number of carbonyl (C=O) groups is 1. The lowest BCUT2D eigenvalue weighted by Gasteiger charge is -2.37. The van der Waals surface area contributed by atoms with E-state index in [1.54, 1.807) is 0 Å². The van der Waals surface area contributed by atoms with E-state index in [1.165, 1.54) is 12.1 Å². The number of hydrogen-bond acceptors (Lipinski definition) is 4. The van der Waals surface area contributed by atoms with E-state index in [9.17, 15) is 17.6 Å². The molecule has 1 aliphatic carbocycles. The Morgan fingerprint density at radius 3 is 2.62 bits per heavy atom. The van der Waals surface area contributed by atoms with E-state index in [0.717, 1.165) is 18.6 Å². The summed E-state index contributed by atoms with van der Waals surface area (Å²) in [5.41, 5.74) is -1.68. The fourth-order valence-corrected chi connectivity index (χ4v) is 3.51. The van der Waals surface area contributed by atoms with Crippen molar-refractivity contribution in [2.45, 2.75) is 24.2 Å². The number of sulfonamides is 1. The van der Waals surface area contributed by atoms with E-state index < -0.39 is 37.7 Å². The summed E-state index contributed by atoms with van der Waals surface area (Å²) in [7, 11) is -4.14. The minimum absolute atomic E-state index is 0.272. The first-order valence-corrected chi connectivity index (χ1v) is 7.72. The molecule has 0 radical (unpaired) electrons. The lowest BCUT2D eigenvalue weighted by atomic mass is 9.69. The molecular weight excluding hydrogens is 299 g/mol. The number of nitrogens with zero attached hydrogens (tertiary/aromatic N) is 1. The lowest BCUT2D eigenvalue weighted by molar-refractivity contribution is -0.153. The SMILES string of the molecule is N#Cc1c(F)cccc1S(=O)(=O)NCC1(C(=O)O)CCC1. The molecule has 0 unspecified atom stereocenters. The number of aliphatic carboxylic acids is 1. The predicted octanol–water partition coefficient (Wildman–Crippen LogP) is 1.23. The third-order valence-electron chi connectivity index (χ3n) is 3.74. The van der Waals surface area contributed by atoms with Crippen molar-refractivity contribution in [3.63, 3.8) is 0 Å². The van der Waals surface area contributed by atoms with Crippen molar-refractivity contribution in [3.8, 4) is 6.07 Å². The first kappa shape index (κ1) is 15.4. The molecule has 0 bridgehead atoms. The lowest BCUT2D eigenvalue weighted by Crippen LogP contribution is -2.47. The van der Waals surface area contributed by atoms with E-state index in [-0.39, 0.29) is 6.54 Å². The van der Waals surface area contributed by atoms with Crippen LogP contribution in [-0.4, -0.2) is 26.0 Å². The summed E-state index contributed by atoms with van der Waals surface area (Å²) < 4.78 is 39.9. The molecule has 21 heavy (non-hydrogen) atoms. The Bertz CT molecular complexity index is 720. The smallest absolute Gasteiger partial charge is 0.310 e. The van der Waals surface area contributed by atoms with Gasteiger partial charge >= 0.3 is 5.97 Å². The van der Waals surface area contributed by atoms with Gasteiger partial charge in [-0.25, -0.2) is 17.5 Å². The fraction of sp³-hybridized carbons (Fsp3) is 0.385. The second kappa shape index (κ2) is 5.42. The van der Waals surface area contributed by atoms with Crippen molar-refractivity contribution in [2.24, 2.45) is 5.41 Å². The molecule has 0 atom stereocenters. The molecule has 0 saturated heterocycles.